The minimum atomic E-state index is -1.22. The summed E-state index contributed by atoms with van der Waals surface area (Å²) in [6, 6.07) is 0.327. The molecule has 36 heteroatoms. The van der Waals surface area contributed by atoms with E-state index in [0.717, 1.165) is 4.90 Å². The number of nitrogens with two attached hydrogens (primary N) is 3. The quantitative estimate of drug-likeness (QED) is 0.00769. The molecule has 0 unspecified atom stereocenters. The third-order valence-electron chi connectivity index (χ3n) is 13.1. The summed E-state index contributed by atoms with van der Waals surface area (Å²) in [6.07, 6.45) is 1.59. The molecule has 3 aromatic rings. The number of hydrazine groups is 1. The van der Waals surface area contributed by atoms with Gasteiger partial charge in [0, 0.05) is 32.5 Å². The number of ether oxygens (including phenoxy) is 6. The number of nitrogens with zero attached hydrogens (tertiary/aromatic N) is 7. The van der Waals surface area contributed by atoms with Crippen LogP contribution in [-0.2, 0) is 93.0 Å². The number of hydrogen-bond donors (Lipinski definition) is 9. The highest BCUT2D eigenvalue weighted by Crippen LogP contribution is 2.26. The van der Waals surface area contributed by atoms with Gasteiger partial charge in [-0.15, -0.1) is 10.2 Å². The standard InChI is InChI=1S/C37H52IN7O10.C29H50IN7O8.H4N2/c1-35(2,3)53-28(47)18-17-25(33(51)55-37(7,8)9)41-34(52)40-24(32(50)54-36(4,5)6)16-12-13-19-39-27(46)21-45-26(29(38)42-43-45)20-44-30(48)22-14-10-11-15-23(22)31(44)49;1-27(2,3)43-22(39)14-13-19(25(41)45-29(7,8)9)34-26(42)33-18(24(40)44-28(4,5)6)12-10-11-15-32-21(38)17-37-20(16-31)23(30)35-36-37;1-2/h10-11,14-15,24-25H,12-13,16-21H2,1-9H3,(H,39,46)(H2,40,41,52);18-19H,10-17,31H2,1-9H3,(H,32,38)(H2,33,34,42);1-2H2/t24-,25-;18-,19-;/m00./s1. The van der Waals surface area contributed by atoms with Gasteiger partial charge in [-0.1, -0.05) is 22.6 Å². The Bertz CT molecular complexity index is 3320. The fraction of sp³-hybridized carbons (Fsp3) is 0.667. The number of unbranched alkanes of at least 4 members (excludes halogenated alkanes) is 2. The molecule has 0 spiro atoms. The summed E-state index contributed by atoms with van der Waals surface area (Å²) in [7, 11) is 0. The highest BCUT2D eigenvalue weighted by Gasteiger charge is 2.38. The number of carbonyl (C=O) groups excluding carboxylic acids is 12. The maximum absolute atomic E-state index is 13.2. The molecule has 1 aliphatic rings. The summed E-state index contributed by atoms with van der Waals surface area (Å²) in [6.45, 7) is 31.0. The van der Waals surface area contributed by atoms with Crippen LogP contribution in [0.5, 0.6) is 0 Å². The number of esters is 6. The molecule has 0 aliphatic carbocycles. The number of imide groups is 1. The highest BCUT2D eigenvalue weighted by atomic mass is 127. The van der Waals surface area contributed by atoms with E-state index in [1.807, 2.05) is 45.2 Å². The van der Waals surface area contributed by atoms with Gasteiger partial charge in [0.1, 0.15) is 78.3 Å². The van der Waals surface area contributed by atoms with Crippen LogP contribution in [0.1, 0.15) is 221 Å². The van der Waals surface area contributed by atoms with Gasteiger partial charge in [-0.3, -0.25) is 45.4 Å². The van der Waals surface area contributed by atoms with E-state index in [1.54, 1.807) is 149 Å². The van der Waals surface area contributed by atoms with Crippen molar-refractivity contribution in [1.82, 2.24) is 66.8 Å². The first-order valence-electron chi connectivity index (χ1n) is 33.2. The lowest BCUT2D eigenvalue weighted by Gasteiger charge is -2.27. The fourth-order valence-corrected chi connectivity index (χ4v) is 10.2. The molecule has 4 atom stereocenters. The summed E-state index contributed by atoms with van der Waals surface area (Å²) < 4.78 is 36.4. The second kappa shape index (κ2) is 40.9. The lowest BCUT2D eigenvalue weighted by Crippen LogP contribution is -2.53. The van der Waals surface area contributed by atoms with Crippen molar-refractivity contribution in [3.8, 4) is 0 Å². The van der Waals surface area contributed by atoms with Crippen LogP contribution < -0.4 is 49.3 Å². The number of benzene rings is 1. The molecule has 0 fully saturated rings. The number of amides is 8. The van der Waals surface area contributed by atoms with Gasteiger partial charge >= 0.3 is 47.9 Å². The van der Waals surface area contributed by atoms with E-state index in [1.165, 1.54) is 9.36 Å². The van der Waals surface area contributed by atoms with E-state index in [9.17, 15) is 57.5 Å². The van der Waals surface area contributed by atoms with Crippen LogP contribution in [-0.4, -0.2) is 177 Å². The van der Waals surface area contributed by atoms with E-state index in [0.29, 0.717) is 62.1 Å². The third kappa shape index (κ3) is 35.4. The van der Waals surface area contributed by atoms with Crippen LogP contribution in [0.15, 0.2) is 24.3 Å². The van der Waals surface area contributed by atoms with Gasteiger partial charge in [0.2, 0.25) is 11.8 Å². The average Bonchev–Trinajstić information content (AvgIpc) is 1.62. The highest BCUT2D eigenvalue weighted by molar-refractivity contribution is 14.1. The van der Waals surface area contributed by atoms with Gasteiger partial charge in [-0.05, 0) is 233 Å². The number of nitrogens with one attached hydrogen (secondary N) is 6. The molecule has 34 nitrogen and oxygen atoms in total. The second-order valence-electron chi connectivity index (χ2n) is 29.4. The Labute approximate surface area is 623 Å². The van der Waals surface area contributed by atoms with Gasteiger partial charge < -0.3 is 66.1 Å². The van der Waals surface area contributed by atoms with Crippen molar-refractivity contribution < 1.29 is 86.0 Å². The third-order valence-corrected chi connectivity index (χ3v) is 14.8. The van der Waals surface area contributed by atoms with E-state index < -0.39 is 123 Å². The van der Waals surface area contributed by atoms with Crippen LogP contribution in [0, 0.1) is 7.40 Å². The van der Waals surface area contributed by atoms with Crippen molar-refractivity contribution in [3.05, 3.63) is 54.2 Å². The number of urea groups is 2. The Kier molecular flexibility index (Phi) is 36.3. The monoisotopic (exact) mass is 1660 g/mol. The molecule has 3 heterocycles. The van der Waals surface area contributed by atoms with E-state index in [4.69, 9.17) is 34.2 Å². The number of halogens is 2. The summed E-state index contributed by atoms with van der Waals surface area (Å²) in [5.74, 6) is 2.53. The molecular weight excluding hydrogens is 1560 g/mol. The second-order valence-corrected chi connectivity index (χ2v) is 31.5. The molecule has 0 radical (unpaired) electrons. The molecule has 1 aliphatic heterocycles. The number of hydrogen-bond acceptors (Lipinski definition) is 25. The minimum absolute atomic E-state index is 0.0302. The van der Waals surface area contributed by atoms with Gasteiger partial charge in [0.15, 0.2) is 0 Å². The smallest absolute Gasteiger partial charge is 0.329 e. The lowest BCUT2D eigenvalue weighted by atomic mass is 10.1. The lowest BCUT2D eigenvalue weighted by molar-refractivity contribution is -0.160. The topological polar surface area (TPSA) is 475 Å². The number of carbonyl (C=O) groups is 12. The molecule has 4 rings (SSSR count). The van der Waals surface area contributed by atoms with Gasteiger partial charge in [0.05, 0.1) is 29.1 Å². The van der Waals surface area contributed by atoms with Crippen LogP contribution in [0.2, 0.25) is 0 Å². The van der Waals surface area contributed by atoms with Crippen molar-refractivity contribution in [1.29, 1.82) is 0 Å². The normalized spacial score (nSPS) is 13.5. The number of rotatable bonds is 31. The molecule has 1 aromatic carbocycles. The predicted molar refractivity (Wildman–Crippen MR) is 388 cm³/mol. The van der Waals surface area contributed by atoms with Gasteiger partial charge in [-0.2, -0.15) is 0 Å². The molecule has 0 bridgehead atoms. The first-order chi connectivity index (χ1) is 47.0. The van der Waals surface area contributed by atoms with Gasteiger partial charge in [0.25, 0.3) is 11.8 Å². The molecule has 572 valence electrons. The summed E-state index contributed by atoms with van der Waals surface area (Å²) in [4.78, 5) is 155. The first-order valence-corrected chi connectivity index (χ1v) is 35.4. The molecule has 0 saturated heterocycles. The van der Waals surface area contributed by atoms with E-state index in [-0.39, 0.29) is 77.2 Å². The molecule has 12 N–H and O–H groups in total. The largest absolute Gasteiger partial charge is 0.460 e. The van der Waals surface area contributed by atoms with Crippen molar-refractivity contribution in [2.75, 3.05) is 13.1 Å². The SMILES string of the molecule is CC(C)(C)OC(=O)CC[C@H](NC(=O)N[C@@H](CCCCNC(=O)Cn1nnc(I)c1CN)C(=O)OC(C)(C)C)C(=O)OC(C)(C)C.CC(C)(C)OC(=O)CC[C@H](NC(=O)N[C@@H](CCCCNC(=O)Cn1nnc(I)c1CN1C(=O)c2ccccc2C1=O)C(=O)OC(C)(C)C)C(=O)OC(C)(C)C.NN. The van der Waals surface area contributed by atoms with Crippen molar-refractivity contribution in [2.24, 2.45) is 17.4 Å². The summed E-state index contributed by atoms with van der Waals surface area (Å²) in [5, 5.41) is 31.7. The number of aromatic nitrogens is 6. The first kappa shape index (κ1) is 90.4. The average molecular weight is 1670 g/mol. The van der Waals surface area contributed by atoms with Crippen LogP contribution in [0.3, 0.4) is 0 Å². The zero-order chi connectivity index (χ0) is 77.9. The fourth-order valence-electron chi connectivity index (χ4n) is 9.05. The van der Waals surface area contributed by atoms with Crippen LogP contribution >= 0.6 is 45.2 Å². The minimum Gasteiger partial charge on any atom is -0.460 e. The molecule has 0 saturated carbocycles. The van der Waals surface area contributed by atoms with E-state index >= 15 is 0 Å². The Hall–Kier alpha value is -7.72. The molecule has 102 heavy (non-hydrogen) atoms. The zero-order valence-corrected chi connectivity index (χ0v) is 66.2. The van der Waals surface area contributed by atoms with Crippen molar-refractivity contribution in [2.45, 2.75) is 273 Å². The van der Waals surface area contributed by atoms with E-state index in [2.05, 4.69) is 64.2 Å². The van der Waals surface area contributed by atoms with Crippen molar-refractivity contribution >= 4 is 117 Å². The summed E-state index contributed by atoms with van der Waals surface area (Å²) >= 11 is 3.93. The molecular formula is C66H106I2N16O18. The van der Waals surface area contributed by atoms with Gasteiger partial charge in [-0.25, -0.2) is 38.1 Å². The molecule has 8 amide bonds. The van der Waals surface area contributed by atoms with Crippen LogP contribution in [0.25, 0.3) is 0 Å². The number of fused-ring (bicyclic) bond motifs is 1. The Morgan fingerprint density at radius 2 is 0.745 bits per heavy atom. The summed E-state index contributed by atoms with van der Waals surface area (Å²) in [5.41, 5.74) is 2.58. The van der Waals surface area contributed by atoms with Crippen LogP contribution in [0.4, 0.5) is 9.59 Å². The molecule has 2 aromatic heterocycles. The van der Waals surface area contributed by atoms with Crippen molar-refractivity contribution in [3.63, 3.8) is 0 Å². The Morgan fingerprint density at radius 1 is 0.451 bits per heavy atom. The Morgan fingerprint density at radius 3 is 1.05 bits per heavy atom. The zero-order valence-electron chi connectivity index (χ0n) is 61.9. The maximum Gasteiger partial charge on any atom is 0.329 e. The maximum atomic E-state index is 13.2. The predicted octanol–water partition coefficient (Wildman–Crippen LogP) is 5.10. The Balaban J connectivity index is 0.000000691.